The van der Waals surface area contributed by atoms with Crippen molar-refractivity contribution in [2.75, 3.05) is 12.4 Å². The first-order valence-corrected chi connectivity index (χ1v) is 7.73. The van der Waals surface area contributed by atoms with Crippen LogP contribution in [0.15, 0.2) is 23.1 Å². The van der Waals surface area contributed by atoms with Crippen LogP contribution in [0.4, 0.5) is 0 Å². The summed E-state index contributed by atoms with van der Waals surface area (Å²) < 4.78 is 5.64. The molecule has 0 aliphatic carbocycles. The van der Waals surface area contributed by atoms with Crippen molar-refractivity contribution < 1.29 is 4.74 Å². The van der Waals surface area contributed by atoms with Gasteiger partial charge < -0.3 is 10.5 Å². The lowest BCUT2D eigenvalue weighted by Gasteiger charge is -2.12. The highest BCUT2D eigenvalue weighted by atomic mass is 32.2. The van der Waals surface area contributed by atoms with Gasteiger partial charge in [0.1, 0.15) is 0 Å². The molecular formula is C15H23NOS. The van der Waals surface area contributed by atoms with Gasteiger partial charge >= 0.3 is 0 Å². The third-order valence-electron chi connectivity index (χ3n) is 3.32. The van der Waals surface area contributed by atoms with E-state index in [0.717, 1.165) is 18.8 Å². The summed E-state index contributed by atoms with van der Waals surface area (Å²) in [5, 5.41) is 0. The number of thioether (sulfide) groups is 1. The summed E-state index contributed by atoms with van der Waals surface area (Å²) in [4.78, 5) is 1.34. The van der Waals surface area contributed by atoms with Gasteiger partial charge in [0.15, 0.2) is 0 Å². The van der Waals surface area contributed by atoms with E-state index in [1.165, 1.54) is 28.9 Å². The summed E-state index contributed by atoms with van der Waals surface area (Å²) in [6.07, 6.45) is 3.86. The fourth-order valence-corrected chi connectivity index (χ4v) is 3.36. The molecule has 1 aromatic carbocycles. The van der Waals surface area contributed by atoms with Gasteiger partial charge in [0.05, 0.1) is 6.10 Å². The van der Waals surface area contributed by atoms with Crippen LogP contribution in [-0.4, -0.2) is 24.5 Å². The van der Waals surface area contributed by atoms with Crippen molar-refractivity contribution in [3.8, 4) is 0 Å². The highest BCUT2D eigenvalue weighted by Crippen LogP contribution is 2.25. The molecule has 2 unspecified atom stereocenters. The average molecular weight is 265 g/mol. The predicted octanol–water partition coefficient (Wildman–Crippen LogP) is 3.16. The molecule has 1 aliphatic rings. The van der Waals surface area contributed by atoms with Gasteiger partial charge in [0.25, 0.3) is 0 Å². The summed E-state index contributed by atoms with van der Waals surface area (Å²) in [5.41, 5.74) is 8.57. The van der Waals surface area contributed by atoms with E-state index >= 15 is 0 Å². The van der Waals surface area contributed by atoms with Crippen LogP contribution in [0.3, 0.4) is 0 Å². The fraction of sp³-hybridized carbons (Fsp3) is 0.600. The second-order valence-electron chi connectivity index (χ2n) is 5.22. The predicted molar refractivity (Wildman–Crippen MR) is 78.2 cm³/mol. The van der Waals surface area contributed by atoms with Gasteiger partial charge in [-0.05, 0) is 56.4 Å². The highest BCUT2D eigenvalue weighted by Gasteiger charge is 2.15. The maximum atomic E-state index is 5.85. The molecule has 1 aliphatic heterocycles. The van der Waals surface area contributed by atoms with Gasteiger partial charge in [-0.1, -0.05) is 6.07 Å². The summed E-state index contributed by atoms with van der Waals surface area (Å²) in [6, 6.07) is 6.94. The number of nitrogens with two attached hydrogens (primary N) is 1. The fourth-order valence-electron chi connectivity index (χ4n) is 2.30. The van der Waals surface area contributed by atoms with Crippen molar-refractivity contribution >= 4 is 11.8 Å². The number of aryl methyl sites for hydroxylation is 1. The zero-order valence-electron chi connectivity index (χ0n) is 11.3. The summed E-state index contributed by atoms with van der Waals surface area (Å²) >= 11 is 1.90. The second kappa shape index (κ2) is 6.60. The Morgan fingerprint density at radius 1 is 1.50 bits per heavy atom. The Morgan fingerprint density at radius 2 is 2.33 bits per heavy atom. The average Bonchev–Trinajstić information content (AvgIpc) is 2.82. The van der Waals surface area contributed by atoms with E-state index in [2.05, 4.69) is 32.0 Å². The van der Waals surface area contributed by atoms with Crippen molar-refractivity contribution in [1.82, 2.24) is 0 Å². The number of rotatable bonds is 5. The summed E-state index contributed by atoms with van der Waals surface area (Å²) in [5.74, 6) is 1.08. The molecule has 0 amide bonds. The smallest absolute Gasteiger partial charge is 0.0669 e. The molecule has 0 saturated carbocycles. The van der Waals surface area contributed by atoms with E-state index < -0.39 is 0 Å². The van der Waals surface area contributed by atoms with Crippen LogP contribution >= 0.6 is 11.8 Å². The Balaban J connectivity index is 1.91. The Kier molecular flexibility index (Phi) is 5.10. The molecule has 2 N–H and O–H groups in total. The van der Waals surface area contributed by atoms with Crippen LogP contribution in [-0.2, 0) is 11.2 Å². The molecule has 3 heteroatoms. The molecule has 2 nitrogen and oxygen atoms in total. The third-order valence-corrected chi connectivity index (χ3v) is 4.44. The molecule has 1 aromatic rings. The topological polar surface area (TPSA) is 35.2 Å². The summed E-state index contributed by atoms with van der Waals surface area (Å²) in [7, 11) is 0. The minimum Gasteiger partial charge on any atom is -0.377 e. The van der Waals surface area contributed by atoms with E-state index in [4.69, 9.17) is 10.5 Å². The lowest BCUT2D eigenvalue weighted by Crippen LogP contribution is -2.18. The van der Waals surface area contributed by atoms with Crippen LogP contribution in [0.2, 0.25) is 0 Å². The third kappa shape index (κ3) is 4.01. The standard InChI is InChI=1S/C15H23NOS/c1-11-8-15(6-5-13(11)9-12(2)16)18-10-14-4-3-7-17-14/h5-6,8,12,14H,3-4,7,9-10,16H2,1-2H3. The first-order valence-electron chi connectivity index (χ1n) is 6.74. The largest absolute Gasteiger partial charge is 0.377 e. The quantitative estimate of drug-likeness (QED) is 0.831. The lowest BCUT2D eigenvalue weighted by molar-refractivity contribution is 0.129. The molecule has 0 aromatic heterocycles. The Bertz CT molecular complexity index is 386. The van der Waals surface area contributed by atoms with Crippen molar-refractivity contribution in [3.05, 3.63) is 29.3 Å². The summed E-state index contributed by atoms with van der Waals surface area (Å²) in [6.45, 7) is 5.17. The molecule has 0 bridgehead atoms. The van der Waals surface area contributed by atoms with Gasteiger partial charge in [-0.3, -0.25) is 0 Å². The van der Waals surface area contributed by atoms with Crippen LogP contribution in [0.5, 0.6) is 0 Å². The van der Waals surface area contributed by atoms with Crippen molar-refractivity contribution in [2.45, 2.75) is 50.2 Å². The van der Waals surface area contributed by atoms with Crippen LogP contribution in [0.1, 0.15) is 30.9 Å². The molecule has 1 saturated heterocycles. The minimum atomic E-state index is 0.231. The van der Waals surface area contributed by atoms with Gasteiger partial charge in [0.2, 0.25) is 0 Å². The molecule has 100 valence electrons. The maximum absolute atomic E-state index is 5.85. The Hall–Kier alpha value is -0.510. The van der Waals surface area contributed by atoms with Gasteiger partial charge in [-0.15, -0.1) is 11.8 Å². The van der Waals surface area contributed by atoms with Crippen LogP contribution < -0.4 is 5.73 Å². The maximum Gasteiger partial charge on any atom is 0.0669 e. The van der Waals surface area contributed by atoms with Gasteiger partial charge in [-0.2, -0.15) is 0 Å². The van der Waals surface area contributed by atoms with Crippen LogP contribution in [0.25, 0.3) is 0 Å². The van der Waals surface area contributed by atoms with Crippen molar-refractivity contribution in [2.24, 2.45) is 5.73 Å². The van der Waals surface area contributed by atoms with E-state index in [1.807, 2.05) is 11.8 Å². The van der Waals surface area contributed by atoms with Gasteiger partial charge in [-0.25, -0.2) is 0 Å². The molecule has 1 fully saturated rings. The molecule has 0 spiro atoms. The van der Waals surface area contributed by atoms with E-state index in [1.54, 1.807) is 0 Å². The zero-order chi connectivity index (χ0) is 13.0. The SMILES string of the molecule is Cc1cc(SCC2CCCO2)ccc1CC(C)N. The van der Waals surface area contributed by atoms with E-state index in [9.17, 15) is 0 Å². The molecule has 0 radical (unpaired) electrons. The number of hydrogen-bond acceptors (Lipinski definition) is 3. The molecule has 2 atom stereocenters. The molecule has 18 heavy (non-hydrogen) atoms. The zero-order valence-corrected chi connectivity index (χ0v) is 12.1. The lowest BCUT2D eigenvalue weighted by atomic mass is 10.0. The second-order valence-corrected chi connectivity index (χ2v) is 6.31. The highest BCUT2D eigenvalue weighted by molar-refractivity contribution is 7.99. The Labute approximate surface area is 114 Å². The first kappa shape index (κ1) is 13.9. The number of hydrogen-bond donors (Lipinski definition) is 1. The van der Waals surface area contributed by atoms with Crippen molar-refractivity contribution in [1.29, 1.82) is 0 Å². The first-order chi connectivity index (χ1) is 8.65. The van der Waals surface area contributed by atoms with Gasteiger partial charge in [0, 0.05) is 23.3 Å². The Morgan fingerprint density at radius 3 is 2.94 bits per heavy atom. The molecule has 1 heterocycles. The van der Waals surface area contributed by atoms with E-state index in [-0.39, 0.29) is 6.04 Å². The number of benzene rings is 1. The minimum absolute atomic E-state index is 0.231. The molecule has 2 rings (SSSR count). The normalized spacial score (nSPS) is 21.2. The monoisotopic (exact) mass is 265 g/mol. The number of ether oxygens (including phenoxy) is 1. The van der Waals surface area contributed by atoms with Crippen LogP contribution in [0, 0.1) is 6.92 Å². The van der Waals surface area contributed by atoms with E-state index in [0.29, 0.717) is 6.10 Å². The molecular weight excluding hydrogens is 242 g/mol. The van der Waals surface area contributed by atoms with Crippen molar-refractivity contribution in [3.63, 3.8) is 0 Å².